The van der Waals surface area contributed by atoms with Gasteiger partial charge in [0.2, 0.25) is 0 Å². The van der Waals surface area contributed by atoms with Gasteiger partial charge in [-0.3, -0.25) is 4.79 Å². The summed E-state index contributed by atoms with van der Waals surface area (Å²) in [6.07, 6.45) is 0. The summed E-state index contributed by atoms with van der Waals surface area (Å²) in [4.78, 5) is 12.1. The number of hydrogen-bond donors (Lipinski definition) is 0. The van der Waals surface area contributed by atoms with E-state index in [4.69, 9.17) is 0 Å². The number of nitrogens with zero attached hydrogens (tertiary/aromatic N) is 2. The molecule has 2 rings (SSSR count). The molecule has 0 aliphatic rings. The highest BCUT2D eigenvalue weighted by atomic mass is 32.2. The molecule has 0 saturated heterocycles. The first-order valence-electron chi connectivity index (χ1n) is 5.43. The molecule has 0 spiro atoms. The molecule has 0 saturated carbocycles. The second-order valence-corrected chi connectivity index (χ2v) is 6.61. The van der Waals surface area contributed by atoms with Crippen molar-refractivity contribution in [1.82, 2.24) is 10.2 Å². The minimum atomic E-state index is -0.715. The van der Waals surface area contributed by atoms with Crippen LogP contribution >= 0.6 is 23.1 Å². The van der Waals surface area contributed by atoms with Crippen LogP contribution in [0.5, 0.6) is 0 Å². The van der Waals surface area contributed by atoms with Crippen LogP contribution in [-0.2, 0) is 0 Å². The number of carbonyl (C=O) groups is 1. The van der Waals surface area contributed by atoms with Gasteiger partial charge in [-0.15, -0.1) is 10.2 Å². The quantitative estimate of drug-likeness (QED) is 0.640. The van der Waals surface area contributed by atoms with Gasteiger partial charge in [0.05, 0.1) is 10.8 Å². The Balaban J connectivity index is 2.16. The van der Waals surface area contributed by atoms with Gasteiger partial charge >= 0.3 is 0 Å². The number of halogens is 2. The fraction of sp³-hybridized carbons (Fsp3) is 0.250. The molecule has 1 heterocycles. The lowest BCUT2D eigenvalue weighted by Gasteiger charge is -2.08. The number of hydrogen-bond acceptors (Lipinski definition) is 5. The largest absolute Gasteiger partial charge is 0.293 e. The van der Waals surface area contributed by atoms with Crippen LogP contribution in [0.2, 0.25) is 0 Å². The van der Waals surface area contributed by atoms with Crippen molar-refractivity contribution in [1.29, 1.82) is 0 Å². The average molecular weight is 300 g/mol. The predicted molar refractivity (Wildman–Crippen MR) is 70.7 cm³/mol. The van der Waals surface area contributed by atoms with Gasteiger partial charge in [0.1, 0.15) is 16.6 Å². The molecule has 1 aromatic carbocycles. The molecule has 1 atom stereocenters. The third-order valence-electron chi connectivity index (χ3n) is 2.35. The van der Waals surface area contributed by atoms with Crippen molar-refractivity contribution in [3.05, 3.63) is 40.4 Å². The second-order valence-electron chi connectivity index (χ2n) is 3.84. The van der Waals surface area contributed by atoms with Crippen molar-refractivity contribution in [3.8, 4) is 0 Å². The Labute approximate surface area is 117 Å². The first kappa shape index (κ1) is 14.1. The lowest BCUT2D eigenvalue weighted by molar-refractivity contribution is 0.0989. The van der Waals surface area contributed by atoms with Crippen LogP contribution in [0.3, 0.4) is 0 Å². The Morgan fingerprint density at radius 1 is 1.37 bits per heavy atom. The highest BCUT2D eigenvalue weighted by molar-refractivity contribution is 8.02. The number of Topliss-reactive ketones (excluding diaryl/α,β-unsaturated/α-hetero) is 1. The Morgan fingerprint density at radius 3 is 2.74 bits per heavy atom. The van der Waals surface area contributed by atoms with Crippen molar-refractivity contribution in [2.75, 3.05) is 0 Å². The highest BCUT2D eigenvalue weighted by Crippen LogP contribution is 2.28. The standard InChI is InChI=1S/C12H10F2N2OS2/c1-6(18-12-16-15-7(2)19-12)11(17)9-5-8(13)3-4-10(9)14/h3-6H,1-2H3/t6-/m0/s1. The van der Waals surface area contributed by atoms with Crippen LogP contribution in [0, 0.1) is 18.6 Å². The Kier molecular flexibility index (Phi) is 4.26. The lowest BCUT2D eigenvalue weighted by atomic mass is 10.1. The SMILES string of the molecule is Cc1nnc(S[C@@H](C)C(=O)c2cc(F)ccc2F)s1. The maximum absolute atomic E-state index is 13.5. The summed E-state index contributed by atoms with van der Waals surface area (Å²) in [6.45, 7) is 3.44. The minimum absolute atomic E-state index is 0.235. The molecule has 0 fully saturated rings. The molecule has 0 N–H and O–H groups in total. The summed E-state index contributed by atoms with van der Waals surface area (Å²) in [5.41, 5.74) is -0.235. The van der Waals surface area contributed by atoms with Gasteiger partial charge in [0.15, 0.2) is 10.1 Å². The molecule has 0 aliphatic carbocycles. The van der Waals surface area contributed by atoms with Gasteiger partial charge in [-0.1, -0.05) is 23.1 Å². The minimum Gasteiger partial charge on any atom is -0.293 e. The van der Waals surface area contributed by atoms with Crippen molar-refractivity contribution in [2.45, 2.75) is 23.4 Å². The van der Waals surface area contributed by atoms with Crippen LogP contribution in [-0.4, -0.2) is 21.2 Å². The van der Waals surface area contributed by atoms with Crippen LogP contribution in [0.25, 0.3) is 0 Å². The molecule has 19 heavy (non-hydrogen) atoms. The highest BCUT2D eigenvalue weighted by Gasteiger charge is 2.21. The Morgan fingerprint density at radius 2 is 2.11 bits per heavy atom. The molecule has 1 aromatic heterocycles. The van der Waals surface area contributed by atoms with Crippen LogP contribution < -0.4 is 0 Å². The van der Waals surface area contributed by atoms with Crippen molar-refractivity contribution in [2.24, 2.45) is 0 Å². The smallest absolute Gasteiger partial charge is 0.179 e. The van der Waals surface area contributed by atoms with Crippen LogP contribution in [0.1, 0.15) is 22.3 Å². The predicted octanol–water partition coefficient (Wildman–Crippen LogP) is 3.49. The number of benzene rings is 1. The summed E-state index contributed by atoms with van der Waals surface area (Å²) in [6, 6.07) is 2.85. The first-order chi connectivity index (χ1) is 8.97. The summed E-state index contributed by atoms with van der Waals surface area (Å²) < 4.78 is 27.2. The van der Waals surface area contributed by atoms with E-state index in [1.807, 2.05) is 0 Å². The maximum atomic E-state index is 13.5. The first-order valence-corrected chi connectivity index (χ1v) is 7.13. The van der Waals surface area contributed by atoms with Gasteiger partial charge in [-0.2, -0.15) is 0 Å². The summed E-state index contributed by atoms with van der Waals surface area (Å²) in [5, 5.41) is 7.96. The zero-order valence-corrected chi connectivity index (χ0v) is 11.8. The molecular weight excluding hydrogens is 290 g/mol. The van der Waals surface area contributed by atoms with Gasteiger partial charge < -0.3 is 0 Å². The molecule has 0 radical (unpaired) electrons. The summed E-state index contributed by atoms with van der Waals surface area (Å²) in [7, 11) is 0. The molecule has 100 valence electrons. The summed E-state index contributed by atoms with van der Waals surface area (Å²) >= 11 is 2.54. The molecular formula is C12H10F2N2OS2. The number of aryl methyl sites for hydroxylation is 1. The maximum Gasteiger partial charge on any atom is 0.179 e. The normalized spacial score (nSPS) is 12.4. The monoisotopic (exact) mass is 300 g/mol. The van der Waals surface area contributed by atoms with Crippen LogP contribution in [0.15, 0.2) is 22.5 Å². The van der Waals surface area contributed by atoms with E-state index in [2.05, 4.69) is 10.2 Å². The topological polar surface area (TPSA) is 42.9 Å². The van der Waals surface area contributed by atoms with Gasteiger partial charge in [0, 0.05) is 0 Å². The van der Waals surface area contributed by atoms with E-state index in [0.717, 1.165) is 23.2 Å². The van der Waals surface area contributed by atoms with Crippen molar-refractivity contribution in [3.63, 3.8) is 0 Å². The number of carbonyl (C=O) groups excluding carboxylic acids is 1. The zero-order chi connectivity index (χ0) is 14.0. The van der Waals surface area contributed by atoms with E-state index in [1.54, 1.807) is 13.8 Å². The third-order valence-corrected chi connectivity index (χ3v) is 4.37. The fourth-order valence-corrected chi connectivity index (χ4v) is 3.46. The van der Waals surface area contributed by atoms with Gasteiger partial charge in [-0.25, -0.2) is 8.78 Å². The average Bonchev–Trinajstić information content (AvgIpc) is 2.77. The van der Waals surface area contributed by atoms with Crippen LogP contribution in [0.4, 0.5) is 8.78 Å². The number of thioether (sulfide) groups is 1. The fourth-order valence-electron chi connectivity index (χ4n) is 1.44. The Bertz CT molecular complexity index is 616. The molecule has 0 aliphatic heterocycles. The molecule has 0 amide bonds. The number of rotatable bonds is 4. The number of aromatic nitrogens is 2. The molecule has 2 aromatic rings. The van der Waals surface area contributed by atoms with Crippen molar-refractivity contribution >= 4 is 28.9 Å². The number of ketones is 1. The van der Waals surface area contributed by atoms with E-state index in [-0.39, 0.29) is 5.56 Å². The van der Waals surface area contributed by atoms with Gasteiger partial charge in [-0.05, 0) is 32.0 Å². The zero-order valence-electron chi connectivity index (χ0n) is 10.2. The molecule has 0 bridgehead atoms. The van der Waals surface area contributed by atoms with Gasteiger partial charge in [0.25, 0.3) is 0 Å². The molecule has 7 heteroatoms. The van der Waals surface area contributed by atoms with Crippen molar-refractivity contribution < 1.29 is 13.6 Å². The Hall–Kier alpha value is -1.34. The van der Waals surface area contributed by atoms with E-state index in [9.17, 15) is 13.6 Å². The van der Waals surface area contributed by atoms with E-state index < -0.39 is 22.7 Å². The molecule has 0 unspecified atom stereocenters. The third kappa shape index (κ3) is 3.36. The second kappa shape index (κ2) is 5.75. The van der Waals surface area contributed by atoms with E-state index in [0.29, 0.717) is 4.34 Å². The lowest BCUT2D eigenvalue weighted by Crippen LogP contribution is -2.15. The van der Waals surface area contributed by atoms with E-state index >= 15 is 0 Å². The molecule has 3 nitrogen and oxygen atoms in total. The van der Waals surface area contributed by atoms with E-state index in [1.165, 1.54) is 23.1 Å². The summed E-state index contributed by atoms with van der Waals surface area (Å²) in [5.74, 6) is -1.81.